The quantitative estimate of drug-likeness (QED) is 0.194. The van der Waals surface area contributed by atoms with Gasteiger partial charge >= 0.3 is 5.97 Å². The van der Waals surface area contributed by atoms with Crippen LogP contribution in [-0.4, -0.2) is 58.6 Å². The van der Waals surface area contributed by atoms with Crippen LogP contribution in [0.3, 0.4) is 0 Å². The molecule has 0 aromatic carbocycles. The number of carbonyl (C=O) groups excluding carboxylic acids is 4. The molecule has 0 aliphatic rings. The molecule has 4 amide bonds. The predicted molar refractivity (Wildman–Crippen MR) is 80.9 cm³/mol. The van der Waals surface area contributed by atoms with Crippen LogP contribution in [0.4, 0.5) is 0 Å². The number of aliphatic carboxylic acids is 1. The summed E-state index contributed by atoms with van der Waals surface area (Å²) >= 11 is 3.81. The number of carbonyl (C=O) groups is 5. The molecule has 12 heteroatoms. The van der Waals surface area contributed by atoms with Crippen LogP contribution in [0.5, 0.6) is 0 Å². The van der Waals surface area contributed by atoms with E-state index in [0.29, 0.717) is 0 Å². The number of nitrogens with one attached hydrogen (secondary N) is 2. The zero-order chi connectivity index (χ0) is 18.2. The van der Waals surface area contributed by atoms with Crippen LogP contribution in [0.15, 0.2) is 0 Å². The molecule has 0 heterocycles. The number of rotatable bonds is 10. The lowest BCUT2D eigenvalue weighted by Gasteiger charge is -2.21. The number of primary amides is 2. The third-order valence-electron chi connectivity index (χ3n) is 2.59. The summed E-state index contributed by atoms with van der Waals surface area (Å²) in [7, 11) is 0. The van der Waals surface area contributed by atoms with Crippen LogP contribution in [0.2, 0.25) is 0 Å². The SMILES string of the molecule is NC(=O)CC(NC(=O)C(CC(N)=O)NC(=O)C(N)CS)C(=O)O. The second kappa shape index (κ2) is 9.63. The van der Waals surface area contributed by atoms with E-state index in [0.717, 1.165) is 0 Å². The number of hydrogen-bond donors (Lipinski definition) is 7. The molecule has 3 unspecified atom stereocenters. The van der Waals surface area contributed by atoms with Gasteiger partial charge in [-0.25, -0.2) is 4.79 Å². The molecule has 0 radical (unpaired) electrons. The maximum Gasteiger partial charge on any atom is 0.326 e. The molecular weight excluding hydrogens is 330 g/mol. The van der Waals surface area contributed by atoms with Gasteiger partial charge in [-0.1, -0.05) is 0 Å². The average Bonchev–Trinajstić information content (AvgIpc) is 2.43. The zero-order valence-corrected chi connectivity index (χ0v) is 12.9. The predicted octanol–water partition coefficient (Wildman–Crippen LogP) is -3.95. The molecule has 0 spiro atoms. The van der Waals surface area contributed by atoms with Crippen LogP contribution in [0.1, 0.15) is 12.8 Å². The highest BCUT2D eigenvalue weighted by Gasteiger charge is 2.29. The molecule has 0 aliphatic heterocycles. The summed E-state index contributed by atoms with van der Waals surface area (Å²) in [5, 5.41) is 13.1. The average molecular weight is 349 g/mol. The second-order valence-corrected chi connectivity index (χ2v) is 4.96. The van der Waals surface area contributed by atoms with Crippen molar-refractivity contribution in [3.8, 4) is 0 Å². The van der Waals surface area contributed by atoms with Crippen LogP contribution in [-0.2, 0) is 24.0 Å². The number of carboxylic acid groups (broad SMARTS) is 1. The van der Waals surface area contributed by atoms with Gasteiger partial charge < -0.3 is 32.9 Å². The molecule has 130 valence electrons. The first-order valence-electron chi connectivity index (χ1n) is 6.35. The van der Waals surface area contributed by atoms with E-state index in [9.17, 15) is 24.0 Å². The van der Waals surface area contributed by atoms with Crippen molar-refractivity contribution in [2.45, 2.75) is 31.0 Å². The summed E-state index contributed by atoms with van der Waals surface area (Å²) in [6.45, 7) is 0. The van der Waals surface area contributed by atoms with E-state index >= 15 is 0 Å². The number of hydrogen-bond acceptors (Lipinski definition) is 7. The Kier molecular flexibility index (Phi) is 8.65. The largest absolute Gasteiger partial charge is 0.480 e. The molecule has 3 atom stereocenters. The van der Waals surface area contributed by atoms with Crippen molar-refractivity contribution in [3.05, 3.63) is 0 Å². The summed E-state index contributed by atoms with van der Waals surface area (Å²) < 4.78 is 0. The van der Waals surface area contributed by atoms with Crippen LogP contribution in [0.25, 0.3) is 0 Å². The van der Waals surface area contributed by atoms with Crippen molar-refractivity contribution < 1.29 is 29.1 Å². The van der Waals surface area contributed by atoms with Crippen LogP contribution < -0.4 is 27.8 Å². The van der Waals surface area contributed by atoms with Gasteiger partial charge in [-0.2, -0.15) is 12.6 Å². The monoisotopic (exact) mass is 349 g/mol. The Morgan fingerprint density at radius 1 is 0.913 bits per heavy atom. The van der Waals surface area contributed by atoms with Crippen molar-refractivity contribution in [1.29, 1.82) is 0 Å². The van der Waals surface area contributed by atoms with Gasteiger partial charge in [0.1, 0.15) is 12.1 Å². The fraction of sp³-hybridized carbons (Fsp3) is 0.545. The van der Waals surface area contributed by atoms with Gasteiger partial charge in [0.05, 0.1) is 18.9 Å². The summed E-state index contributed by atoms with van der Waals surface area (Å²) in [5.41, 5.74) is 15.3. The lowest BCUT2D eigenvalue weighted by atomic mass is 10.1. The summed E-state index contributed by atoms with van der Waals surface area (Å²) in [6, 6.07) is -4.09. The van der Waals surface area contributed by atoms with Gasteiger partial charge in [0, 0.05) is 5.75 Å². The van der Waals surface area contributed by atoms with Crippen molar-refractivity contribution >= 4 is 42.2 Å². The Morgan fingerprint density at radius 2 is 1.35 bits per heavy atom. The van der Waals surface area contributed by atoms with E-state index in [4.69, 9.17) is 22.3 Å². The van der Waals surface area contributed by atoms with Gasteiger partial charge in [-0.3, -0.25) is 19.2 Å². The molecule has 23 heavy (non-hydrogen) atoms. The number of amides is 4. The Hall–Kier alpha value is -2.34. The summed E-state index contributed by atoms with van der Waals surface area (Å²) in [5.74, 6) is -5.18. The Balaban J connectivity index is 5.04. The van der Waals surface area contributed by atoms with E-state index < -0.39 is 60.6 Å². The summed E-state index contributed by atoms with van der Waals surface area (Å²) in [6.07, 6.45) is -1.24. The Labute approximate surface area is 136 Å². The second-order valence-electron chi connectivity index (χ2n) is 4.59. The molecule has 0 aliphatic carbocycles. The lowest BCUT2D eigenvalue weighted by molar-refractivity contribution is -0.143. The first kappa shape index (κ1) is 20.7. The minimum Gasteiger partial charge on any atom is -0.480 e. The van der Waals surface area contributed by atoms with E-state index in [-0.39, 0.29) is 5.75 Å². The molecule has 0 fully saturated rings. The van der Waals surface area contributed by atoms with Crippen LogP contribution >= 0.6 is 12.6 Å². The van der Waals surface area contributed by atoms with Gasteiger partial charge in [-0.15, -0.1) is 0 Å². The Morgan fingerprint density at radius 3 is 1.74 bits per heavy atom. The number of carboxylic acids is 1. The van der Waals surface area contributed by atoms with E-state index in [1.54, 1.807) is 0 Å². The molecule has 0 aromatic heterocycles. The third-order valence-corrected chi connectivity index (χ3v) is 2.99. The van der Waals surface area contributed by atoms with Gasteiger partial charge in [0.15, 0.2) is 0 Å². The van der Waals surface area contributed by atoms with Gasteiger partial charge in [-0.05, 0) is 0 Å². The molecule has 0 aromatic rings. The fourth-order valence-corrected chi connectivity index (χ4v) is 1.61. The highest BCUT2D eigenvalue weighted by molar-refractivity contribution is 7.80. The van der Waals surface area contributed by atoms with Crippen LogP contribution in [0, 0.1) is 0 Å². The molecule has 0 saturated carbocycles. The number of thiol groups is 1. The first-order valence-corrected chi connectivity index (χ1v) is 6.98. The summed E-state index contributed by atoms with van der Waals surface area (Å²) in [4.78, 5) is 56.4. The molecule has 0 rings (SSSR count). The standard InChI is InChI=1S/C11H19N5O6S/c12-4(3-23)9(19)15-5(1-7(13)17)10(20)16-6(11(21)22)2-8(14)18/h4-6,23H,1-3,12H2,(H2,13,17)(H2,14,18)(H,15,19)(H,16,20)(H,21,22). The van der Waals surface area contributed by atoms with Crippen molar-refractivity contribution in [3.63, 3.8) is 0 Å². The van der Waals surface area contributed by atoms with E-state index in [2.05, 4.69) is 17.9 Å². The number of nitrogens with two attached hydrogens (primary N) is 3. The van der Waals surface area contributed by atoms with Crippen molar-refractivity contribution in [1.82, 2.24) is 10.6 Å². The maximum absolute atomic E-state index is 12.0. The molecule has 0 saturated heterocycles. The topological polar surface area (TPSA) is 208 Å². The zero-order valence-electron chi connectivity index (χ0n) is 12.0. The first-order chi connectivity index (χ1) is 10.6. The normalized spacial score (nSPS) is 14.2. The molecule has 11 nitrogen and oxygen atoms in total. The lowest BCUT2D eigenvalue weighted by Crippen LogP contribution is -2.56. The Bertz CT molecular complexity index is 499. The minimum absolute atomic E-state index is 0.0177. The highest BCUT2D eigenvalue weighted by Crippen LogP contribution is 1.98. The third kappa shape index (κ3) is 8.01. The molecular formula is C11H19N5O6S. The van der Waals surface area contributed by atoms with Crippen molar-refractivity contribution in [2.75, 3.05) is 5.75 Å². The van der Waals surface area contributed by atoms with E-state index in [1.165, 1.54) is 0 Å². The van der Waals surface area contributed by atoms with Gasteiger partial charge in [0.25, 0.3) is 0 Å². The van der Waals surface area contributed by atoms with Crippen molar-refractivity contribution in [2.24, 2.45) is 17.2 Å². The highest BCUT2D eigenvalue weighted by atomic mass is 32.1. The van der Waals surface area contributed by atoms with E-state index in [1.807, 2.05) is 5.32 Å². The minimum atomic E-state index is -1.61. The molecule has 9 N–H and O–H groups in total. The van der Waals surface area contributed by atoms with Gasteiger partial charge in [0.2, 0.25) is 23.6 Å². The molecule has 0 bridgehead atoms. The fourth-order valence-electron chi connectivity index (χ4n) is 1.45. The smallest absolute Gasteiger partial charge is 0.326 e. The maximum atomic E-state index is 12.0.